The van der Waals surface area contributed by atoms with Crippen molar-refractivity contribution in [2.24, 2.45) is 0 Å². The van der Waals surface area contributed by atoms with E-state index >= 15 is 0 Å². The second-order valence-electron chi connectivity index (χ2n) is 3.56. The van der Waals surface area contributed by atoms with Gasteiger partial charge in [-0.2, -0.15) is 0 Å². The average Bonchev–Trinajstić information content (AvgIpc) is 2.28. The minimum absolute atomic E-state index is 0.0937. The molecular formula is C12H17NO4. The number of rotatable bonds is 7. The molecule has 3 N–H and O–H groups in total. The first-order valence-corrected chi connectivity index (χ1v) is 5.50. The van der Waals surface area contributed by atoms with Crippen molar-refractivity contribution in [2.45, 2.75) is 19.9 Å². The van der Waals surface area contributed by atoms with Crippen molar-refractivity contribution < 1.29 is 19.7 Å². The number of aliphatic carboxylic acids is 1. The van der Waals surface area contributed by atoms with Gasteiger partial charge < -0.3 is 20.3 Å². The number of hydrogen-bond donors (Lipinski definition) is 3. The van der Waals surface area contributed by atoms with E-state index in [-0.39, 0.29) is 12.2 Å². The Labute approximate surface area is 100 Å². The second kappa shape index (κ2) is 6.75. The summed E-state index contributed by atoms with van der Waals surface area (Å²) in [6.45, 7) is 3.30. The standard InChI is InChI=1S/C12H17NO4/c1-2-17-11-7-9(3-4-10(11)14)8-13-6-5-12(15)16/h3-4,7,13-14H,2,5-6,8H2,1H3,(H,15,16). The van der Waals surface area contributed by atoms with Crippen LogP contribution in [0.2, 0.25) is 0 Å². The quantitative estimate of drug-likeness (QED) is 0.626. The van der Waals surface area contributed by atoms with Crippen LogP contribution in [0.15, 0.2) is 18.2 Å². The highest BCUT2D eigenvalue weighted by Crippen LogP contribution is 2.26. The monoisotopic (exact) mass is 239 g/mol. The molecule has 0 unspecified atom stereocenters. The van der Waals surface area contributed by atoms with Crippen molar-refractivity contribution in [1.82, 2.24) is 5.32 Å². The van der Waals surface area contributed by atoms with E-state index in [1.54, 1.807) is 18.2 Å². The van der Waals surface area contributed by atoms with Crippen molar-refractivity contribution in [3.8, 4) is 11.5 Å². The summed E-state index contributed by atoms with van der Waals surface area (Å²) < 4.78 is 5.25. The van der Waals surface area contributed by atoms with Gasteiger partial charge in [-0.3, -0.25) is 4.79 Å². The molecule has 0 aliphatic heterocycles. The molecule has 0 saturated heterocycles. The summed E-state index contributed by atoms with van der Waals surface area (Å²) in [5.41, 5.74) is 0.941. The molecule has 0 aliphatic rings. The molecule has 1 aromatic carbocycles. The van der Waals surface area contributed by atoms with E-state index in [4.69, 9.17) is 9.84 Å². The first-order chi connectivity index (χ1) is 8.13. The Morgan fingerprint density at radius 1 is 1.47 bits per heavy atom. The summed E-state index contributed by atoms with van der Waals surface area (Å²) in [4.78, 5) is 10.3. The van der Waals surface area contributed by atoms with Gasteiger partial charge in [-0.1, -0.05) is 6.07 Å². The predicted molar refractivity (Wildman–Crippen MR) is 63.2 cm³/mol. The first-order valence-electron chi connectivity index (χ1n) is 5.50. The number of carboxylic acid groups (broad SMARTS) is 1. The summed E-state index contributed by atoms with van der Waals surface area (Å²) in [6.07, 6.45) is 0.0937. The lowest BCUT2D eigenvalue weighted by Crippen LogP contribution is -2.17. The number of nitrogens with one attached hydrogen (secondary N) is 1. The molecule has 0 radical (unpaired) electrons. The van der Waals surface area contributed by atoms with Crippen LogP contribution in [0.3, 0.4) is 0 Å². The van der Waals surface area contributed by atoms with E-state index in [9.17, 15) is 9.90 Å². The highest BCUT2D eigenvalue weighted by atomic mass is 16.5. The van der Waals surface area contributed by atoms with Gasteiger partial charge in [0.05, 0.1) is 13.0 Å². The van der Waals surface area contributed by atoms with E-state index in [0.29, 0.717) is 25.4 Å². The highest BCUT2D eigenvalue weighted by molar-refractivity contribution is 5.66. The Bertz CT molecular complexity index is 379. The Balaban J connectivity index is 2.48. The van der Waals surface area contributed by atoms with Gasteiger partial charge in [-0.05, 0) is 24.6 Å². The van der Waals surface area contributed by atoms with E-state index in [0.717, 1.165) is 5.56 Å². The highest BCUT2D eigenvalue weighted by Gasteiger charge is 2.03. The van der Waals surface area contributed by atoms with Crippen LogP contribution in [0.25, 0.3) is 0 Å². The molecule has 0 spiro atoms. The smallest absolute Gasteiger partial charge is 0.304 e. The summed E-state index contributed by atoms with van der Waals surface area (Å²) in [5.74, 6) is -0.260. The molecule has 5 heteroatoms. The summed E-state index contributed by atoms with van der Waals surface area (Å²) in [7, 11) is 0. The van der Waals surface area contributed by atoms with Crippen molar-refractivity contribution in [3.63, 3.8) is 0 Å². The topological polar surface area (TPSA) is 78.8 Å². The van der Waals surface area contributed by atoms with Gasteiger partial charge in [0.2, 0.25) is 0 Å². The van der Waals surface area contributed by atoms with Gasteiger partial charge >= 0.3 is 5.97 Å². The number of phenols is 1. The van der Waals surface area contributed by atoms with Gasteiger partial charge in [0, 0.05) is 13.1 Å². The second-order valence-corrected chi connectivity index (χ2v) is 3.56. The molecule has 5 nitrogen and oxygen atoms in total. The van der Waals surface area contributed by atoms with Crippen LogP contribution >= 0.6 is 0 Å². The van der Waals surface area contributed by atoms with Gasteiger partial charge in [0.25, 0.3) is 0 Å². The minimum Gasteiger partial charge on any atom is -0.504 e. The number of benzene rings is 1. The number of ether oxygens (including phenoxy) is 1. The molecule has 0 aromatic heterocycles. The van der Waals surface area contributed by atoms with Crippen LogP contribution in [-0.2, 0) is 11.3 Å². The summed E-state index contributed by atoms with van der Waals surface area (Å²) >= 11 is 0. The Hall–Kier alpha value is -1.75. The molecular weight excluding hydrogens is 222 g/mol. The molecule has 0 bridgehead atoms. The Morgan fingerprint density at radius 2 is 2.24 bits per heavy atom. The Kier molecular flexibility index (Phi) is 5.29. The van der Waals surface area contributed by atoms with E-state index < -0.39 is 5.97 Å². The molecule has 0 amide bonds. The number of carboxylic acids is 1. The van der Waals surface area contributed by atoms with Crippen LogP contribution in [0, 0.1) is 0 Å². The molecule has 94 valence electrons. The summed E-state index contributed by atoms with van der Waals surface area (Å²) in [5, 5.41) is 21.0. The lowest BCUT2D eigenvalue weighted by atomic mass is 10.2. The summed E-state index contributed by atoms with van der Waals surface area (Å²) in [6, 6.07) is 5.08. The minimum atomic E-state index is -0.821. The van der Waals surface area contributed by atoms with Crippen LogP contribution in [0.5, 0.6) is 11.5 Å². The van der Waals surface area contributed by atoms with Gasteiger partial charge in [0.1, 0.15) is 0 Å². The maximum Gasteiger partial charge on any atom is 0.304 e. The van der Waals surface area contributed by atoms with Gasteiger partial charge in [0.15, 0.2) is 11.5 Å². The van der Waals surface area contributed by atoms with Crippen LogP contribution in [-0.4, -0.2) is 29.3 Å². The zero-order valence-corrected chi connectivity index (χ0v) is 9.77. The fourth-order valence-corrected chi connectivity index (χ4v) is 1.37. The third kappa shape index (κ3) is 4.74. The number of hydrogen-bond acceptors (Lipinski definition) is 4. The van der Waals surface area contributed by atoms with Crippen molar-refractivity contribution >= 4 is 5.97 Å². The van der Waals surface area contributed by atoms with E-state index in [1.165, 1.54) is 0 Å². The molecule has 17 heavy (non-hydrogen) atoms. The normalized spacial score (nSPS) is 10.2. The van der Waals surface area contributed by atoms with Crippen molar-refractivity contribution in [1.29, 1.82) is 0 Å². The van der Waals surface area contributed by atoms with Crippen LogP contribution < -0.4 is 10.1 Å². The SMILES string of the molecule is CCOc1cc(CNCCC(=O)O)ccc1O. The largest absolute Gasteiger partial charge is 0.504 e. The van der Waals surface area contributed by atoms with Crippen LogP contribution in [0.4, 0.5) is 0 Å². The number of aromatic hydroxyl groups is 1. The molecule has 0 aliphatic carbocycles. The zero-order chi connectivity index (χ0) is 12.7. The first kappa shape index (κ1) is 13.3. The average molecular weight is 239 g/mol. The Morgan fingerprint density at radius 3 is 2.88 bits per heavy atom. The molecule has 0 atom stereocenters. The molecule has 0 fully saturated rings. The van der Waals surface area contributed by atoms with Crippen LogP contribution in [0.1, 0.15) is 18.9 Å². The zero-order valence-electron chi connectivity index (χ0n) is 9.77. The number of carbonyl (C=O) groups is 1. The lowest BCUT2D eigenvalue weighted by molar-refractivity contribution is -0.136. The molecule has 1 rings (SSSR count). The van der Waals surface area contributed by atoms with Crippen molar-refractivity contribution in [3.05, 3.63) is 23.8 Å². The van der Waals surface area contributed by atoms with Gasteiger partial charge in [-0.15, -0.1) is 0 Å². The number of phenolic OH excluding ortho intramolecular Hbond substituents is 1. The predicted octanol–water partition coefficient (Wildman–Crippen LogP) is 1.36. The third-order valence-corrected chi connectivity index (χ3v) is 2.17. The van der Waals surface area contributed by atoms with E-state index in [2.05, 4.69) is 5.32 Å². The third-order valence-electron chi connectivity index (χ3n) is 2.17. The molecule has 1 aromatic rings. The maximum atomic E-state index is 10.3. The van der Waals surface area contributed by atoms with E-state index in [1.807, 2.05) is 6.92 Å². The maximum absolute atomic E-state index is 10.3. The fourth-order valence-electron chi connectivity index (χ4n) is 1.37. The molecule has 0 heterocycles. The van der Waals surface area contributed by atoms with Crippen molar-refractivity contribution in [2.75, 3.05) is 13.2 Å². The molecule has 0 saturated carbocycles. The van der Waals surface area contributed by atoms with Gasteiger partial charge in [-0.25, -0.2) is 0 Å². The lowest BCUT2D eigenvalue weighted by Gasteiger charge is -2.08. The fraction of sp³-hybridized carbons (Fsp3) is 0.417.